The number of piperidine rings is 1. The summed E-state index contributed by atoms with van der Waals surface area (Å²) in [4.78, 5) is 12.0. The van der Waals surface area contributed by atoms with Crippen LogP contribution in [0.4, 0.5) is 0 Å². The SMILES string of the molecule is NC1CCCN([B]C=O)C1. The molecular formula is C6H12BN2O. The summed E-state index contributed by atoms with van der Waals surface area (Å²) in [7, 11) is 1.57. The lowest BCUT2D eigenvalue weighted by Gasteiger charge is -2.28. The fourth-order valence-corrected chi connectivity index (χ4v) is 1.26. The van der Waals surface area contributed by atoms with Gasteiger partial charge in [0.05, 0.1) is 6.19 Å². The molecule has 0 aliphatic carbocycles. The van der Waals surface area contributed by atoms with Crippen LogP contribution < -0.4 is 5.73 Å². The zero-order chi connectivity index (χ0) is 7.40. The number of carbonyl (C=O) groups excluding carboxylic acids is 1. The Morgan fingerprint density at radius 3 is 3.10 bits per heavy atom. The van der Waals surface area contributed by atoms with Crippen molar-refractivity contribution in [3.8, 4) is 0 Å². The number of nitrogens with two attached hydrogens (primary N) is 1. The maximum atomic E-state index is 10.0. The summed E-state index contributed by atoms with van der Waals surface area (Å²) in [5, 5.41) is 0. The van der Waals surface area contributed by atoms with Crippen LogP contribution in [-0.2, 0) is 4.79 Å². The maximum Gasteiger partial charge on any atom is 0.293 e. The molecule has 0 saturated carbocycles. The number of rotatable bonds is 2. The third kappa shape index (κ3) is 2.12. The highest BCUT2D eigenvalue weighted by Gasteiger charge is 2.15. The van der Waals surface area contributed by atoms with E-state index in [-0.39, 0.29) is 6.04 Å². The molecule has 0 bridgehead atoms. The number of hydrogen-bond acceptors (Lipinski definition) is 3. The Morgan fingerprint density at radius 1 is 1.70 bits per heavy atom. The Bertz CT molecular complexity index is 120. The molecule has 1 fully saturated rings. The first kappa shape index (κ1) is 7.76. The van der Waals surface area contributed by atoms with Gasteiger partial charge < -0.3 is 15.3 Å². The van der Waals surface area contributed by atoms with Crippen molar-refractivity contribution in [2.24, 2.45) is 5.73 Å². The van der Waals surface area contributed by atoms with E-state index in [4.69, 9.17) is 5.73 Å². The molecule has 0 amide bonds. The predicted octanol–water partition coefficient (Wildman–Crippen LogP) is -0.781. The minimum atomic E-state index is 0.255. The van der Waals surface area contributed by atoms with Gasteiger partial charge in [0.15, 0.2) is 0 Å². The lowest BCUT2D eigenvalue weighted by molar-refractivity contribution is 0.327. The molecule has 0 spiro atoms. The van der Waals surface area contributed by atoms with Gasteiger partial charge in [0.1, 0.15) is 0 Å². The Morgan fingerprint density at radius 2 is 2.50 bits per heavy atom. The van der Waals surface area contributed by atoms with Crippen molar-refractivity contribution in [2.45, 2.75) is 18.9 Å². The third-order valence-corrected chi connectivity index (χ3v) is 1.76. The van der Waals surface area contributed by atoms with Gasteiger partial charge in [0, 0.05) is 12.6 Å². The number of hydrogen-bond donors (Lipinski definition) is 1. The summed E-state index contributed by atoms with van der Waals surface area (Å²) in [6, 6.07) is 0.255. The second-order valence-corrected chi connectivity index (χ2v) is 2.68. The van der Waals surface area contributed by atoms with Crippen LogP contribution in [0.3, 0.4) is 0 Å². The van der Waals surface area contributed by atoms with Gasteiger partial charge in [0.25, 0.3) is 7.41 Å². The molecule has 4 heteroatoms. The molecule has 1 radical (unpaired) electrons. The van der Waals surface area contributed by atoms with Crippen molar-refractivity contribution in [3.05, 3.63) is 0 Å². The Labute approximate surface area is 61.8 Å². The largest absolute Gasteiger partial charge is 0.339 e. The van der Waals surface area contributed by atoms with Gasteiger partial charge in [-0.1, -0.05) is 0 Å². The second-order valence-electron chi connectivity index (χ2n) is 2.68. The minimum Gasteiger partial charge on any atom is -0.339 e. The molecule has 1 unspecified atom stereocenters. The van der Waals surface area contributed by atoms with Gasteiger partial charge in [-0.2, -0.15) is 0 Å². The van der Waals surface area contributed by atoms with Crippen LogP contribution in [0.1, 0.15) is 12.8 Å². The molecular weight excluding hydrogens is 127 g/mol. The van der Waals surface area contributed by atoms with E-state index in [1.54, 1.807) is 7.41 Å². The van der Waals surface area contributed by atoms with Crippen molar-refractivity contribution in [1.29, 1.82) is 0 Å². The first-order chi connectivity index (χ1) is 4.83. The third-order valence-electron chi connectivity index (χ3n) is 1.76. The van der Waals surface area contributed by atoms with E-state index in [1.165, 1.54) is 0 Å². The molecule has 1 saturated heterocycles. The molecule has 0 aromatic carbocycles. The van der Waals surface area contributed by atoms with Crippen LogP contribution >= 0.6 is 0 Å². The van der Waals surface area contributed by atoms with E-state index < -0.39 is 0 Å². The summed E-state index contributed by atoms with van der Waals surface area (Å²) < 4.78 is 0. The van der Waals surface area contributed by atoms with Crippen molar-refractivity contribution < 1.29 is 4.79 Å². The molecule has 1 heterocycles. The molecule has 2 N–H and O–H groups in total. The monoisotopic (exact) mass is 139 g/mol. The van der Waals surface area contributed by atoms with E-state index >= 15 is 0 Å². The highest BCUT2D eigenvalue weighted by Crippen LogP contribution is 2.05. The Hall–Kier alpha value is -0.345. The fourth-order valence-electron chi connectivity index (χ4n) is 1.26. The van der Waals surface area contributed by atoms with Crippen LogP contribution in [0.2, 0.25) is 0 Å². The normalized spacial score (nSPS) is 27.9. The molecule has 0 aromatic heterocycles. The van der Waals surface area contributed by atoms with Gasteiger partial charge in [-0.3, -0.25) is 0 Å². The molecule has 3 nitrogen and oxygen atoms in total. The minimum absolute atomic E-state index is 0.255. The first-order valence-corrected chi connectivity index (χ1v) is 3.61. The lowest BCUT2D eigenvalue weighted by Crippen LogP contribution is -2.44. The molecule has 1 aliphatic heterocycles. The summed E-state index contributed by atoms with van der Waals surface area (Å²) in [6.45, 7) is 1.81. The zero-order valence-corrected chi connectivity index (χ0v) is 5.99. The van der Waals surface area contributed by atoms with E-state index in [0.717, 1.165) is 32.1 Å². The van der Waals surface area contributed by atoms with Crippen LogP contribution in [0.25, 0.3) is 0 Å². The summed E-state index contributed by atoms with van der Waals surface area (Å²) in [5.41, 5.74) is 5.68. The highest BCUT2D eigenvalue weighted by molar-refractivity contribution is 6.64. The standard InChI is InChI=1S/C6H12BN2O/c8-6-2-1-3-9(4-6)7-5-10/h5-6H,1-4,8H2. The quantitative estimate of drug-likeness (QED) is 0.403. The molecule has 1 rings (SSSR count). The Balaban J connectivity index is 2.24. The molecule has 55 valence electrons. The van der Waals surface area contributed by atoms with Crippen molar-refractivity contribution in [3.63, 3.8) is 0 Å². The van der Waals surface area contributed by atoms with Crippen molar-refractivity contribution >= 4 is 13.6 Å². The zero-order valence-electron chi connectivity index (χ0n) is 5.99. The molecule has 10 heavy (non-hydrogen) atoms. The predicted molar refractivity (Wildman–Crippen MR) is 41.3 cm³/mol. The fraction of sp³-hybridized carbons (Fsp3) is 0.833. The highest BCUT2D eigenvalue weighted by atomic mass is 16.1. The smallest absolute Gasteiger partial charge is 0.293 e. The average molecular weight is 139 g/mol. The average Bonchev–Trinajstić information content (AvgIpc) is 1.88. The summed E-state index contributed by atoms with van der Waals surface area (Å²) in [6.07, 6.45) is 3.01. The van der Waals surface area contributed by atoms with Gasteiger partial charge in [0.2, 0.25) is 0 Å². The maximum absolute atomic E-state index is 10.0. The molecule has 1 atom stereocenters. The number of carbonyl (C=O) groups is 1. The van der Waals surface area contributed by atoms with Gasteiger partial charge in [-0.05, 0) is 19.4 Å². The van der Waals surface area contributed by atoms with Crippen molar-refractivity contribution in [2.75, 3.05) is 13.1 Å². The van der Waals surface area contributed by atoms with Gasteiger partial charge >= 0.3 is 0 Å². The van der Waals surface area contributed by atoms with Gasteiger partial charge in [-0.15, -0.1) is 0 Å². The first-order valence-electron chi connectivity index (χ1n) is 3.61. The second kappa shape index (κ2) is 3.73. The van der Waals surface area contributed by atoms with Crippen LogP contribution in [0, 0.1) is 0 Å². The van der Waals surface area contributed by atoms with E-state index in [1.807, 2.05) is 4.81 Å². The topological polar surface area (TPSA) is 46.3 Å². The lowest BCUT2D eigenvalue weighted by atomic mass is 9.90. The van der Waals surface area contributed by atoms with Crippen LogP contribution in [0.5, 0.6) is 0 Å². The van der Waals surface area contributed by atoms with E-state index in [9.17, 15) is 4.79 Å². The Kier molecular flexibility index (Phi) is 2.90. The number of nitrogens with zero attached hydrogens (tertiary/aromatic N) is 1. The summed E-state index contributed by atoms with van der Waals surface area (Å²) in [5.74, 6) is 0. The van der Waals surface area contributed by atoms with Crippen molar-refractivity contribution in [1.82, 2.24) is 4.81 Å². The molecule has 0 aromatic rings. The molecule has 1 aliphatic rings. The van der Waals surface area contributed by atoms with Crippen LogP contribution in [0.15, 0.2) is 0 Å². The summed E-state index contributed by atoms with van der Waals surface area (Å²) >= 11 is 0. The van der Waals surface area contributed by atoms with Gasteiger partial charge in [-0.25, -0.2) is 0 Å². The van der Waals surface area contributed by atoms with E-state index in [0.29, 0.717) is 0 Å². The van der Waals surface area contributed by atoms with Crippen LogP contribution in [-0.4, -0.2) is 37.5 Å². The van der Waals surface area contributed by atoms with E-state index in [2.05, 4.69) is 0 Å².